The third kappa shape index (κ3) is 4.92. The number of hydrogen-bond donors (Lipinski definition) is 1. The molecule has 2 aromatic carbocycles. The third-order valence-electron chi connectivity index (χ3n) is 7.25. The van der Waals surface area contributed by atoms with E-state index in [1.807, 2.05) is 65.7 Å². The Kier molecular flexibility index (Phi) is 7.29. The summed E-state index contributed by atoms with van der Waals surface area (Å²) in [7, 11) is -3.35. The van der Waals surface area contributed by atoms with Crippen molar-refractivity contribution in [2.45, 2.75) is 31.6 Å². The van der Waals surface area contributed by atoms with Crippen molar-refractivity contribution in [3.8, 4) is 11.1 Å². The van der Waals surface area contributed by atoms with Crippen LogP contribution in [0.5, 0.6) is 0 Å². The molecule has 0 unspecified atom stereocenters. The van der Waals surface area contributed by atoms with E-state index in [4.69, 9.17) is 0 Å². The van der Waals surface area contributed by atoms with Gasteiger partial charge in [0.25, 0.3) is 0 Å². The molecule has 0 bridgehead atoms. The molecule has 2 aliphatic rings. The van der Waals surface area contributed by atoms with E-state index in [1.165, 1.54) is 10.6 Å². The van der Waals surface area contributed by atoms with E-state index >= 15 is 0 Å². The van der Waals surface area contributed by atoms with Gasteiger partial charge in [0.15, 0.2) is 0 Å². The number of urea groups is 1. The first kappa shape index (κ1) is 26.0. The number of carbonyl (C=O) groups is 1. The monoisotopic (exact) mass is 526 g/mol. The number of likely N-dealkylation sites (tertiary alicyclic amines) is 1. The second-order valence-electron chi connectivity index (χ2n) is 9.45. The molecule has 36 heavy (non-hydrogen) atoms. The molecule has 5 rings (SSSR count). The van der Waals surface area contributed by atoms with Crippen LogP contribution in [0.15, 0.2) is 66.9 Å². The van der Waals surface area contributed by atoms with Crippen molar-refractivity contribution in [3.05, 3.63) is 78.1 Å². The van der Waals surface area contributed by atoms with Gasteiger partial charge in [0.05, 0.1) is 11.9 Å². The first-order valence-electron chi connectivity index (χ1n) is 12.0. The van der Waals surface area contributed by atoms with Crippen LogP contribution in [0.25, 0.3) is 11.1 Å². The number of sulfonamides is 1. The number of nitrogens with one attached hydrogen (secondary N) is 1. The summed E-state index contributed by atoms with van der Waals surface area (Å²) >= 11 is 0. The summed E-state index contributed by atoms with van der Waals surface area (Å²) in [5, 5.41) is 3.01. The summed E-state index contributed by atoms with van der Waals surface area (Å²) < 4.78 is 26.3. The molecule has 7 nitrogen and oxygen atoms in total. The molecule has 1 N–H and O–H groups in total. The van der Waals surface area contributed by atoms with Crippen molar-refractivity contribution in [3.63, 3.8) is 0 Å². The summed E-state index contributed by atoms with van der Waals surface area (Å²) in [5.41, 5.74) is 5.58. The van der Waals surface area contributed by atoms with E-state index < -0.39 is 10.0 Å². The van der Waals surface area contributed by atoms with Gasteiger partial charge < -0.3 is 10.2 Å². The van der Waals surface area contributed by atoms with Crippen molar-refractivity contribution in [2.75, 3.05) is 35.5 Å². The zero-order valence-electron chi connectivity index (χ0n) is 20.5. The molecule has 1 fully saturated rings. The molecule has 1 saturated heterocycles. The van der Waals surface area contributed by atoms with Gasteiger partial charge in [-0.1, -0.05) is 37.3 Å². The lowest BCUT2D eigenvalue weighted by Crippen LogP contribution is -2.48. The first-order chi connectivity index (χ1) is 16.8. The Morgan fingerprint density at radius 3 is 2.39 bits per heavy atom. The van der Waals surface area contributed by atoms with Gasteiger partial charge in [-0.05, 0) is 66.3 Å². The highest BCUT2D eigenvalue weighted by molar-refractivity contribution is 7.92. The molecule has 0 saturated carbocycles. The third-order valence-corrected chi connectivity index (χ3v) is 8.37. The van der Waals surface area contributed by atoms with Crippen molar-refractivity contribution >= 4 is 39.8 Å². The smallest absolute Gasteiger partial charge is 0.321 e. The lowest BCUT2D eigenvalue weighted by molar-refractivity contribution is 0.173. The highest BCUT2D eigenvalue weighted by Crippen LogP contribution is 2.47. The van der Waals surface area contributed by atoms with Crippen molar-refractivity contribution in [2.24, 2.45) is 0 Å². The summed E-state index contributed by atoms with van der Waals surface area (Å²) in [6.07, 6.45) is 5.42. The Balaban J connectivity index is 0.00000304. The van der Waals surface area contributed by atoms with Crippen molar-refractivity contribution in [1.82, 2.24) is 9.88 Å². The maximum Gasteiger partial charge on any atom is 0.321 e. The average molecular weight is 527 g/mol. The molecule has 2 aliphatic heterocycles. The maximum absolute atomic E-state index is 13.0. The predicted molar refractivity (Wildman–Crippen MR) is 146 cm³/mol. The van der Waals surface area contributed by atoms with Gasteiger partial charge in [0, 0.05) is 42.6 Å². The largest absolute Gasteiger partial charge is 0.324 e. The lowest BCUT2D eigenvalue weighted by Gasteiger charge is -2.39. The van der Waals surface area contributed by atoms with Crippen LogP contribution in [0.4, 0.5) is 16.2 Å². The minimum Gasteiger partial charge on any atom is -0.324 e. The average Bonchev–Trinajstić information content (AvgIpc) is 3.19. The number of piperidine rings is 1. The number of anilines is 2. The van der Waals surface area contributed by atoms with Crippen LogP contribution < -0.4 is 9.62 Å². The second-order valence-corrected chi connectivity index (χ2v) is 11.4. The van der Waals surface area contributed by atoms with Crippen LogP contribution in [0.2, 0.25) is 0 Å². The Morgan fingerprint density at radius 1 is 1.03 bits per heavy atom. The Morgan fingerprint density at radius 2 is 1.72 bits per heavy atom. The molecule has 0 radical (unpaired) electrons. The van der Waals surface area contributed by atoms with Gasteiger partial charge in [0.2, 0.25) is 10.0 Å². The van der Waals surface area contributed by atoms with E-state index in [9.17, 15) is 13.2 Å². The van der Waals surface area contributed by atoms with Gasteiger partial charge in [-0.3, -0.25) is 9.29 Å². The maximum atomic E-state index is 13.0. The molecule has 2 amide bonds. The van der Waals surface area contributed by atoms with Gasteiger partial charge >= 0.3 is 6.03 Å². The number of rotatable bonds is 4. The summed E-state index contributed by atoms with van der Waals surface area (Å²) in [5.74, 6) is 0. The Hall–Kier alpha value is -3.10. The number of pyridine rings is 1. The summed E-state index contributed by atoms with van der Waals surface area (Å²) in [4.78, 5) is 19.2. The van der Waals surface area contributed by atoms with E-state index in [-0.39, 0.29) is 23.9 Å². The van der Waals surface area contributed by atoms with Gasteiger partial charge in [0.1, 0.15) is 0 Å². The SMILES string of the molecule is CCc1cc(-c2ccc(NC(=O)N3CCC4(CC3)CN(S(C)(=O)=O)c3ccccc34)cc2)ccn1.Cl. The second kappa shape index (κ2) is 10.1. The molecule has 0 aliphatic carbocycles. The topological polar surface area (TPSA) is 82.6 Å². The van der Waals surface area contributed by atoms with Crippen LogP contribution >= 0.6 is 12.4 Å². The van der Waals surface area contributed by atoms with E-state index in [0.29, 0.717) is 19.6 Å². The van der Waals surface area contributed by atoms with Crippen LogP contribution in [0.1, 0.15) is 31.0 Å². The van der Waals surface area contributed by atoms with Gasteiger partial charge in [-0.15, -0.1) is 12.4 Å². The molecular formula is C27H31ClN4O3S. The van der Waals surface area contributed by atoms with E-state index in [2.05, 4.69) is 23.3 Å². The fourth-order valence-electron chi connectivity index (χ4n) is 5.25. The number of aromatic nitrogens is 1. The first-order valence-corrected chi connectivity index (χ1v) is 13.8. The summed E-state index contributed by atoms with van der Waals surface area (Å²) in [6, 6.07) is 19.5. The van der Waals surface area contributed by atoms with Gasteiger partial charge in [-0.25, -0.2) is 13.2 Å². The van der Waals surface area contributed by atoms with Gasteiger partial charge in [-0.2, -0.15) is 0 Å². The molecule has 1 spiro atoms. The normalized spacial score (nSPS) is 16.4. The minimum absolute atomic E-state index is 0. The van der Waals surface area contributed by atoms with Crippen LogP contribution in [-0.4, -0.2) is 50.2 Å². The predicted octanol–water partition coefficient (Wildman–Crippen LogP) is 5.08. The number of halogens is 1. The van der Waals surface area contributed by atoms with Crippen LogP contribution in [-0.2, 0) is 21.9 Å². The quantitative estimate of drug-likeness (QED) is 0.514. The van der Waals surface area contributed by atoms with Crippen molar-refractivity contribution in [1.29, 1.82) is 0 Å². The number of amides is 2. The summed E-state index contributed by atoms with van der Waals surface area (Å²) in [6.45, 7) is 3.68. The number of para-hydroxylation sites is 1. The highest BCUT2D eigenvalue weighted by atomic mass is 35.5. The van der Waals surface area contributed by atoms with E-state index in [0.717, 1.165) is 53.0 Å². The molecule has 1 aromatic heterocycles. The number of hydrogen-bond acceptors (Lipinski definition) is 4. The molecule has 3 heterocycles. The number of fused-ring (bicyclic) bond motifs is 2. The molecule has 190 valence electrons. The molecular weight excluding hydrogens is 496 g/mol. The zero-order chi connectivity index (χ0) is 24.6. The fraction of sp³-hybridized carbons (Fsp3) is 0.333. The molecule has 0 atom stereocenters. The number of benzene rings is 2. The highest BCUT2D eigenvalue weighted by Gasteiger charge is 2.47. The minimum atomic E-state index is -3.35. The van der Waals surface area contributed by atoms with Crippen LogP contribution in [0, 0.1) is 0 Å². The number of carbonyl (C=O) groups excluding carboxylic acids is 1. The Labute approximate surface area is 219 Å². The van der Waals surface area contributed by atoms with Crippen LogP contribution in [0.3, 0.4) is 0 Å². The lowest BCUT2D eigenvalue weighted by atomic mass is 9.74. The molecule has 9 heteroatoms. The van der Waals surface area contributed by atoms with Crippen molar-refractivity contribution < 1.29 is 13.2 Å². The fourth-order valence-corrected chi connectivity index (χ4v) is 6.24. The zero-order valence-corrected chi connectivity index (χ0v) is 22.1. The van der Waals surface area contributed by atoms with E-state index in [1.54, 1.807) is 0 Å². The molecule has 3 aromatic rings. The Bertz CT molecular complexity index is 1350. The number of nitrogens with zero attached hydrogens (tertiary/aromatic N) is 3. The number of aryl methyl sites for hydroxylation is 1. The standard InChI is InChI=1S/C27H30N4O3S.ClH/c1-3-22-18-21(12-15-28-22)20-8-10-23(11-9-20)29-26(32)30-16-13-27(14-17-30)19-31(35(2,33)34)25-7-5-4-6-24(25)27;/h4-12,15,18H,3,13-14,16-17,19H2,1-2H3,(H,29,32);1H.